The summed E-state index contributed by atoms with van der Waals surface area (Å²) in [6.07, 6.45) is 0. The average Bonchev–Trinajstić information content (AvgIpc) is 3.08. The van der Waals surface area contributed by atoms with E-state index in [9.17, 15) is 0 Å². The Labute approximate surface area is 170 Å². The van der Waals surface area contributed by atoms with Crippen LogP contribution >= 0.6 is 27.3 Å². The normalized spacial score (nSPS) is 11.1. The van der Waals surface area contributed by atoms with Crippen molar-refractivity contribution in [3.8, 4) is 0 Å². The van der Waals surface area contributed by atoms with Gasteiger partial charge in [0.2, 0.25) is 0 Å². The molecule has 0 unspecified atom stereocenters. The van der Waals surface area contributed by atoms with E-state index in [0.717, 1.165) is 15.8 Å². The molecule has 0 saturated heterocycles. The van der Waals surface area contributed by atoms with Crippen LogP contribution in [0.1, 0.15) is 0 Å². The molecule has 1 aromatic heterocycles. The lowest BCUT2D eigenvalue weighted by atomic mass is 10.1. The molecule has 0 atom stereocenters. The Hall–Kier alpha value is -2.62. The molecule has 0 saturated carbocycles. The Morgan fingerprint density at radius 3 is 1.96 bits per heavy atom. The third-order valence-electron chi connectivity index (χ3n) is 4.71. The Morgan fingerprint density at radius 1 is 0.630 bits per heavy atom. The van der Waals surface area contributed by atoms with Crippen molar-refractivity contribution in [3.63, 3.8) is 0 Å². The molecule has 0 aliphatic rings. The van der Waals surface area contributed by atoms with Crippen LogP contribution in [0.2, 0.25) is 0 Å². The van der Waals surface area contributed by atoms with Crippen molar-refractivity contribution in [1.29, 1.82) is 0 Å². The number of hydrogen-bond acceptors (Lipinski definition) is 2. The number of thiophene rings is 1. The zero-order valence-corrected chi connectivity index (χ0v) is 16.9. The van der Waals surface area contributed by atoms with E-state index in [1.54, 1.807) is 0 Å². The van der Waals surface area contributed by atoms with Gasteiger partial charge in [-0.2, -0.15) is 0 Å². The van der Waals surface area contributed by atoms with Crippen LogP contribution in [0.15, 0.2) is 102 Å². The zero-order valence-electron chi connectivity index (χ0n) is 14.5. The number of para-hydroxylation sites is 2. The van der Waals surface area contributed by atoms with Gasteiger partial charge in [0.1, 0.15) is 0 Å². The maximum Gasteiger partial charge on any atom is 0.0640 e. The number of nitrogens with zero attached hydrogens (tertiary/aromatic N) is 1. The lowest BCUT2D eigenvalue weighted by Crippen LogP contribution is -2.09. The van der Waals surface area contributed by atoms with Crippen LogP contribution in [-0.4, -0.2) is 0 Å². The third kappa shape index (κ3) is 2.93. The smallest absolute Gasteiger partial charge is 0.0640 e. The standard InChI is InChI=1S/C24H16BrNS/c25-17-14-15-20-21-12-7-13-22(24(21)27-23(20)16-17)26(18-8-3-1-4-9-18)19-10-5-2-6-11-19/h1-16H. The minimum atomic E-state index is 1.12. The van der Waals surface area contributed by atoms with Crippen LogP contribution in [0, 0.1) is 0 Å². The fourth-order valence-electron chi connectivity index (χ4n) is 3.51. The Morgan fingerprint density at radius 2 is 1.30 bits per heavy atom. The van der Waals surface area contributed by atoms with Crippen LogP contribution in [0.3, 0.4) is 0 Å². The van der Waals surface area contributed by atoms with Gasteiger partial charge in [0.25, 0.3) is 0 Å². The van der Waals surface area contributed by atoms with Gasteiger partial charge in [0.05, 0.1) is 10.4 Å². The molecule has 0 aliphatic heterocycles. The van der Waals surface area contributed by atoms with E-state index in [1.807, 2.05) is 11.3 Å². The molecule has 0 amide bonds. The molecule has 1 heterocycles. The van der Waals surface area contributed by atoms with E-state index < -0.39 is 0 Å². The summed E-state index contributed by atoms with van der Waals surface area (Å²) < 4.78 is 3.72. The van der Waals surface area contributed by atoms with Gasteiger partial charge in [-0.1, -0.05) is 70.5 Å². The van der Waals surface area contributed by atoms with Crippen molar-refractivity contribution < 1.29 is 0 Å². The molecular formula is C24H16BrNS. The fraction of sp³-hybridized carbons (Fsp3) is 0. The molecule has 27 heavy (non-hydrogen) atoms. The van der Waals surface area contributed by atoms with Crippen molar-refractivity contribution in [3.05, 3.63) is 102 Å². The highest BCUT2D eigenvalue weighted by Crippen LogP contribution is 2.44. The highest BCUT2D eigenvalue weighted by Gasteiger charge is 2.17. The molecule has 0 bridgehead atoms. The number of benzene rings is 4. The van der Waals surface area contributed by atoms with Gasteiger partial charge >= 0.3 is 0 Å². The second kappa shape index (κ2) is 6.84. The summed E-state index contributed by atoms with van der Waals surface area (Å²) in [5.74, 6) is 0. The van der Waals surface area contributed by atoms with Crippen LogP contribution < -0.4 is 4.90 Å². The number of anilines is 3. The van der Waals surface area contributed by atoms with Crippen molar-refractivity contribution in [1.82, 2.24) is 0 Å². The maximum atomic E-state index is 3.61. The predicted molar refractivity (Wildman–Crippen MR) is 122 cm³/mol. The second-order valence-corrected chi connectivity index (χ2v) is 8.37. The number of rotatable bonds is 3. The van der Waals surface area contributed by atoms with Crippen LogP contribution in [0.5, 0.6) is 0 Å². The highest BCUT2D eigenvalue weighted by molar-refractivity contribution is 9.10. The Kier molecular flexibility index (Phi) is 4.19. The lowest BCUT2D eigenvalue weighted by Gasteiger charge is -2.25. The Balaban J connectivity index is 1.82. The monoisotopic (exact) mass is 429 g/mol. The number of hydrogen-bond donors (Lipinski definition) is 0. The van der Waals surface area contributed by atoms with Crippen molar-refractivity contribution >= 4 is 64.5 Å². The van der Waals surface area contributed by atoms with Gasteiger partial charge in [-0.15, -0.1) is 11.3 Å². The summed E-state index contributed by atoms with van der Waals surface area (Å²) >= 11 is 5.46. The van der Waals surface area contributed by atoms with Gasteiger partial charge < -0.3 is 4.90 Å². The molecule has 3 heteroatoms. The zero-order chi connectivity index (χ0) is 18.2. The van der Waals surface area contributed by atoms with Crippen molar-refractivity contribution in [2.75, 3.05) is 4.90 Å². The summed E-state index contributed by atoms with van der Waals surface area (Å²) in [6, 6.07) is 34.3. The summed E-state index contributed by atoms with van der Waals surface area (Å²) in [5.41, 5.74) is 3.53. The first-order chi connectivity index (χ1) is 13.3. The van der Waals surface area contributed by atoms with Gasteiger partial charge in [-0.05, 0) is 42.5 Å². The van der Waals surface area contributed by atoms with Gasteiger partial charge in [-0.25, -0.2) is 0 Å². The summed E-state index contributed by atoms with van der Waals surface area (Å²) in [6.45, 7) is 0. The van der Waals surface area contributed by atoms with Gasteiger partial charge in [0, 0.05) is 31.3 Å². The SMILES string of the molecule is Brc1ccc2c(c1)sc1c(N(c3ccccc3)c3ccccc3)cccc12. The maximum absolute atomic E-state index is 3.61. The van der Waals surface area contributed by atoms with E-state index in [4.69, 9.17) is 0 Å². The quantitative estimate of drug-likeness (QED) is 0.278. The Bertz CT molecular complexity index is 1190. The van der Waals surface area contributed by atoms with Gasteiger partial charge in [-0.3, -0.25) is 0 Å². The van der Waals surface area contributed by atoms with E-state index in [0.29, 0.717) is 0 Å². The molecule has 5 aromatic rings. The topological polar surface area (TPSA) is 3.24 Å². The minimum Gasteiger partial charge on any atom is -0.309 e. The summed E-state index contributed by atoms with van der Waals surface area (Å²) in [5, 5.41) is 2.61. The molecular weight excluding hydrogens is 414 g/mol. The molecule has 5 rings (SSSR count). The second-order valence-electron chi connectivity index (χ2n) is 6.40. The fourth-order valence-corrected chi connectivity index (χ4v) is 5.27. The number of halogens is 1. The molecule has 0 N–H and O–H groups in total. The van der Waals surface area contributed by atoms with Crippen molar-refractivity contribution in [2.45, 2.75) is 0 Å². The molecule has 0 aliphatic carbocycles. The van der Waals surface area contributed by atoms with Crippen LogP contribution in [-0.2, 0) is 0 Å². The average molecular weight is 430 g/mol. The summed E-state index contributed by atoms with van der Waals surface area (Å²) in [7, 11) is 0. The van der Waals surface area contributed by atoms with Gasteiger partial charge in [0.15, 0.2) is 0 Å². The molecule has 0 radical (unpaired) electrons. The molecule has 0 fully saturated rings. The molecule has 4 aromatic carbocycles. The van der Waals surface area contributed by atoms with E-state index in [-0.39, 0.29) is 0 Å². The first kappa shape index (κ1) is 16.5. The predicted octanol–water partition coefficient (Wildman–Crippen LogP) is 8.29. The highest BCUT2D eigenvalue weighted by atomic mass is 79.9. The third-order valence-corrected chi connectivity index (χ3v) is 6.39. The number of fused-ring (bicyclic) bond motifs is 3. The van der Waals surface area contributed by atoms with E-state index >= 15 is 0 Å². The van der Waals surface area contributed by atoms with Crippen molar-refractivity contribution in [2.24, 2.45) is 0 Å². The molecule has 130 valence electrons. The van der Waals surface area contributed by atoms with E-state index in [1.165, 1.54) is 25.9 Å². The molecule has 0 spiro atoms. The largest absolute Gasteiger partial charge is 0.309 e. The first-order valence-electron chi connectivity index (χ1n) is 8.82. The first-order valence-corrected chi connectivity index (χ1v) is 10.4. The minimum absolute atomic E-state index is 1.12. The lowest BCUT2D eigenvalue weighted by molar-refractivity contribution is 1.30. The van der Waals surface area contributed by atoms with Crippen LogP contribution in [0.25, 0.3) is 20.2 Å². The molecule has 1 nitrogen and oxygen atoms in total. The summed E-state index contributed by atoms with van der Waals surface area (Å²) in [4.78, 5) is 2.34. The van der Waals surface area contributed by atoms with Crippen LogP contribution in [0.4, 0.5) is 17.1 Å². The van der Waals surface area contributed by atoms with E-state index in [2.05, 4.69) is 118 Å².